The highest BCUT2D eigenvalue weighted by atomic mass is 35.5. The molecule has 0 radical (unpaired) electrons. The Kier molecular flexibility index (Phi) is 5.44. The highest BCUT2D eigenvalue weighted by molar-refractivity contribution is 7.20. The van der Waals surface area contributed by atoms with Crippen LogP contribution in [0.15, 0.2) is 12.4 Å². The van der Waals surface area contributed by atoms with Gasteiger partial charge in [-0.1, -0.05) is 23.4 Å². The number of carbonyl (C=O) groups excluding carboxylic acids is 1. The highest BCUT2D eigenvalue weighted by Gasteiger charge is 2.35. The van der Waals surface area contributed by atoms with E-state index < -0.39 is 12.1 Å². The van der Waals surface area contributed by atoms with E-state index in [9.17, 15) is 14.7 Å². The Morgan fingerprint density at radius 3 is 3.00 bits per heavy atom. The first kappa shape index (κ1) is 18.2. The van der Waals surface area contributed by atoms with Gasteiger partial charge in [0.25, 0.3) is 0 Å². The van der Waals surface area contributed by atoms with Crippen LogP contribution in [-0.2, 0) is 0 Å². The summed E-state index contributed by atoms with van der Waals surface area (Å²) in [7, 11) is 0. The van der Waals surface area contributed by atoms with Gasteiger partial charge in [-0.2, -0.15) is 0 Å². The van der Waals surface area contributed by atoms with E-state index in [-0.39, 0.29) is 18.6 Å². The molecule has 2 aromatic heterocycles. The van der Waals surface area contributed by atoms with Crippen LogP contribution in [0.25, 0.3) is 10.2 Å². The number of carboxylic acid groups (broad SMARTS) is 1. The Morgan fingerprint density at radius 2 is 2.31 bits per heavy atom. The molecular formula is C16H16ClN5O3S. The summed E-state index contributed by atoms with van der Waals surface area (Å²) in [4.78, 5) is 33.1. The molecule has 0 saturated carbocycles. The molecule has 0 spiro atoms. The predicted molar refractivity (Wildman–Crippen MR) is 98.4 cm³/mol. The molecule has 3 rings (SSSR count). The van der Waals surface area contributed by atoms with Crippen LogP contribution in [0.1, 0.15) is 18.2 Å². The molecule has 0 aromatic carbocycles. The molecule has 1 aliphatic rings. The molecule has 10 heteroatoms. The van der Waals surface area contributed by atoms with E-state index in [1.165, 1.54) is 22.6 Å². The van der Waals surface area contributed by atoms with Gasteiger partial charge in [0.1, 0.15) is 11.5 Å². The lowest BCUT2D eigenvalue weighted by Gasteiger charge is -2.16. The third kappa shape index (κ3) is 3.98. The smallest absolute Gasteiger partial charge is 0.408 e. The van der Waals surface area contributed by atoms with Gasteiger partial charge in [0.2, 0.25) is 0 Å². The van der Waals surface area contributed by atoms with Crippen LogP contribution in [0, 0.1) is 11.8 Å². The zero-order valence-electron chi connectivity index (χ0n) is 13.8. The number of nitrogens with zero attached hydrogens (tertiary/aromatic N) is 3. The van der Waals surface area contributed by atoms with Crippen molar-refractivity contribution in [1.82, 2.24) is 25.5 Å². The van der Waals surface area contributed by atoms with Crippen LogP contribution in [0.4, 0.5) is 9.59 Å². The summed E-state index contributed by atoms with van der Waals surface area (Å²) in [5.41, 5.74) is 0.705. The molecule has 2 aromatic rings. The molecular weight excluding hydrogens is 378 g/mol. The van der Waals surface area contributed by atoms with Gasteiger partial charge in [0.05, 0.1) is 27.2 Å². The molecule has 1 saturated heterocycles. The van der Waals surface area contributed by atoms with Crippen molar-refractivity contribution in [1.29, 1.82) is 0 Å². The largest absolute Gasteiger partial charge is 0.465 e. The Bertz CT molecular complexity index is 906. The summed E-state index contributed by atoms with van der Waals surface area (Å²) in [6, 6.07) is 0.713. The van der Waals surface area contributed by atoms with Gasteiger partial charge in [0.15, 0.2) is 0 Å². The van der Waals surface area contributed by atoms with Crippen LogP contribution in [0.2, 0.25) is 5.15 Å². The van der Waals surface area contributed by atoms with Crippen LogP contribution in [0.3, 0.4) is 0 Å². The van der Waals surface area contributed by atoms with Crippen molar-refractivity contribution >= 4 is 45.3 Å². The molecule has 3 heterocycles. The Hall–Kier alpha value is -2.57. The Balaban J connectivity index is 1.76. The number of fused-ring (bicyclic) bond motifs is 1. The van der Waals surface area contributed by atoms with Gasteiger partial charge >= 0.3 is 12.1 Å². The van der Waals surface area contributed by atoms with Crippen LogP contribution in [-0.4, -0.2) is 57.3 Å². The fourth-order valence-corrected chi connectivity index (χ4v) is 3.84. The van der Waals surface area contributed by atoms with Crippen molar-refractivity contribution in [2.75, 3.05) is 13.1 Å². The van der Waals surface area contributed by atoms with Crippen molar-refractivity contribution in [3.05, 3.63) is 22.4 Å². The molecule has 136 valence electrons. The summed E-state index contributed by atoms with van der Waals surface area (Å²) in [6.07, 6.45) is 0.756. The van der Waals surface area contributed by atoms with Gasteiger partial charge in [-0.05, 0) is 13.0 Å². The van der Waals surface area contributed by atoms with Gasteiger partial charge in [0, 0.05) is 19.5 Å². The number of hydrogen-bond acceptors (Lipinski definition) is 5. The second-order valence-electron chi connectivity index (χ2n) is 5.65. The monoisotopic (exact) mass is 393 g/mol. The number of nitrogens with one attached hydrogen (secondary N) is 2. The van der Waals surface area contributed by atoms with Gasteiger partial charge in [-0.15, -0.1) is 11.3 Å². The molecule has 2 atom stereocenters. The number of urea groups is 1. The summed E-state index contributed by atoms with van der Waals surface area (Å²) < 4.78 is 0.746. The van der Waals surface area contributed by atoms with Crippen LogP contribution >= 0.6 is 22.9 Å². The molecule has 1 aliphatic heterocycles. The first-order valence-corrected chi connectivity index (χ1v) is 9.13. The minimum Gasteiger partial charge on any atom is -0.465 e. The summed E-state index contributed by atoms with van der Waals surface area (Å²) in [6.45, 7) is 2.52. The lowest BCUT2D eigenvalue weighted by atomic mass is 10.2. The summed E-state index contributed by atoms with van der Waals surface area (Å²) in [5, 5.41) is 15.2. The molecule has 0 bridgehead atoms. The van der Waals surface area contributed by atoms with E-state index in [4.69, 9.17) is 11.6 Å². The topological polar surface area (TPSA) is 107 Å². The SMILES string of the molecule is CCNC(=O)N[C@@H]1C[C@@H](C#Cc2cc3ncnc(Cl)c3s2)N(C(=O)O)C1. The molecule has 1 fully saturated rings. The van der Waals surface area contributed by atoms with Gasteiger partial charge in [-0.25, -0.2) is 19.6 Å². The van der Waals surface area contributed by atoms with E-state index in [0.717, 1.165) is 9.58 Å². The van der Waals surface area contributed by atoms with E-state index in [1.807, 2.05) is 6.92 Å². The zero-order chi connectivity index (χ0) is 18.7. The van der Waals surface area contributed by atoms with E-state index in [0.29, 0.717) is 23.6 Å². The fourth-order valence-electron chi connectivity index (χ4n) is 2.73. The van der Waals surface area contributed by atoms with Crippen molar-refractivity contribution in [2.24, 2.45) is 0 Å². The van der Waals surface area contributed by atoms with Crippen molar-refractivity contribution in [2.45, 2.75) is 25.4 Å². The van der Waals surface area contributed by atoms with E-state index in [1.54, 1.807) is 6.07 Å². The lowest BCUT2D eigenvalue weighted by molar-refractivity contribution is 0.147. The maximum absolute atomic E-state index is 11.6. The molecule has 26 heavy (non-hydrogen) atoms. The average Bonchev–Trinajstić information content (AvgIpc) is 3.17. The second kappa shape index (κ2) is 7.76. The maximum Gasteiger partial charge on any atom is 0.408 e. The number of thiophene rings is 1. The number of amides is 3. The normalized spacial score (nSPS) is 19.1. The van der Waals surface area contributed by atoms with Crippen molar-refractivity contribution in [3.63, 3.8) is 0 Å². The van der Waals surface area contributed by atoms with E-state index >= 15 is 0 Å². The first-order valence-electron chi connectivity index (χ1n) is 7.93. The third-order valence-corrected chi connectivity index (χ3v) is 5.29. The number of aromatic nitrogens is 2. The number of carbonyl (C=O) groups is 2. The quantitative estimate of drug-likeness (QED) is 0.535. The van der Waals surface area contributed by atoms with Gasteiger partial charge < -0.3 is 15.7 Å². The molecule has 8 nitrogen and oxygen atoms in total. The van der Waals surface area contributed by atoms with Crippen LogP contribution < -0.4 is 10.6 Å². The standard InChI is InChI=1S/C16H16ClN5O3S/c1-2-18-15(23)21-9-5-10(22(7-9)16(24)25)3-4-11-6-12-13(26-11)14(17)20-8-19-12/h6,8-10H,2,5,7H2,1H3,(H,24,25)(H2,18,21,23)/t9-,10-/m1/s1. The minimum absolute atomic E-state index is 0.204. The number of rotatable bonds is 2. The molecule has 0 unspecified atom stereocenters. The Labute approximate surface area is 158 Å². The molecule has 3 N–H and O–H groups in total. The van der Waals surface area contributed by atoms with Crippen LogP contribution in [0.5, 0.6) is 0 Å². The third-order valence-electron chi connectivity index (χ3n) is 3.85. The first-order chi connectivity index (χ1) is 12.5. The number of hydrogen-bond donors (Lipinski definition) is 3. The number of halogens is 1. The highest BCUT2D eigenvalue weighted by Crippen LogP contribution is 2.28. The van der Waals surface area contributed by atoms with E-state index in [2.05, 4.69) is 32.4 Å². The molecule has 3 amide bonds. The number of likely N-dealkylation sites (tertiary alicyclic amines) is 1. The predicted octanol–water partition coefficient (Wildman–Crippen LogP) is 2.14. The second-order valence-corrected chi connectivity index (χ2v) is 7.06. The summed E-state index contributed by atoms with van der Waals surface area (Å²) >= 11 is 7.39. The van der Waals surface area contributed by atoms with Crippen molar-refractivity contribution < 1.29 is 14.7 Å². The fraction of sp³-hybridized carbons (Fsp3) is 0.375. The van der Waals surface area contributed by atoms with Gasteiger partial charge in [-0.3, -0.25) is 4.90 Å². The maximum atomic E-state index is 11.6. The average molecular weight is 394 g/mol. The molecule has 0 aliphatic carbocycles. The summed E-state index contributed by atoms with van der Waals surface area (Å²) in [5.74, 6) is 5.98. The van der Waals surface area contributed by atoms with Crippen molar-refractivity contribution in [3.8, 4) is 11.8 Å². The Morgan fingerprint density at radius 1 is 1.50 bits per heavy atom. The minimum atomic E-state index is -1.06. The lowest BCUT2D eigenvalue weighted by Crippen LogP contribution is -2.43. The zero-order valence-corrected chi connectivity index (χ0v) is 15.4.